The van der Waals surface area contributed by atoms with Crippen LogP contribution in [-0.2, 0) is 0 Å². The molecule has 0 fully saturated rings. The van der Waals surface area contributed by atoms with Crippen molar-refractivity contribution in [3.8, 4) is 45.3 Å². The quantitative estimate of drug-likeness (QED) is 0.164. The first kappa shape index (κ1) is 32.9. The van der Waals surface area contributed by atoms with Crippen molar-refractivity contribution in [1.29, 1.82) is 0 Å². The van der Waals surface area contributed by atoms with Crippen LogP contribution in [0.4, 0.5) is 5.69 Å². The lowest BCUT2D eigenvalue weighted by Gasteiger charge is -2.16. The molecular formula is C53H31N5O. The number of nitrogens with zero attached hydrogens (tertiary/aromatic N) is 5. The molecule has 8 aromatic carbocycles. The van der Waals surface area contributed by atoms with Crippen molar-refractivity contribution >= 4 is 71.2 Å². The second kappa shape index (κ2) is 12.9. The molecule has 0 saturated heterocycles. The molecule has 6 nitrogen and oxygen atoms in total. The van der Waals surface area contributed by atoms with E-state index in [4.69, 9.17) is 21.0 Å². The Morgan fingerprint density at radius 2 is 0.932 bits per heavy atom. The van der Waals surface area contributed by atoms with Gasteiger partial charge in [0.25, 0.3) is 0 Å². The minimum Gasteiger partial charge on any atom is -0.454 e. The zero-order chi connectivity index (χ0) is 39.0. The Labute approximate surface area is 338 Å². The van der Waals surface area contributed by atoms with E-state index in [2.05, 4.69) is 154 Å². The van der Waals surface area contributed by atoms with E-state index in [1.54, 1.807) is 0 Å². The summed E-state index contributed by atoms with van der Waals surface area (Å²) < 4.78 is 11.9. The third-order valence-electron chi connectivity index (χ3n) is 11.6. The van der Waals surface area contributed by atoms with Crippen molar-refractivity contribution in [3.63, 3.8) is 0 Å². The van der Waals surface area contributed by atoms with Gasteiger partial charge < -0.3 is 13.6 Å². The highest BCUT2D eigenvalue weighted by atomic mass is 16.3. The van der Waals surface area contributed by atoms with Gasteiger partial charge in [-0.25, -0.2) is 14.8 Å². The third-order valence-corrected chi connectivity index (χ3v) is 11.6. The molecule has 0 bridgehead atoms. The maximum Gasteiger partial charge on any atom is 0.216 e. The van der Waals surface area contributed by atoms with Gasteiger partial charge in [-0.2, -0.15) is 0 Å². The van der Waals surface area contributed by atoms with Crippen LogP contribution in [0.1, 0.15) is 0 Å². The lowest BCUT2D eigenvalue weighted by atomic mass is 10.0. The summed E-state index contributed by atoms with van der Waals surface area (Å²) in [7, 11) is 0. The molecule has 0 spiro atoms. The fourth-order valence-corrected chi connectivity index (χ4v) is 9.01. The normalized spacial score (nSPS) is 11.7. The highest BCUT2D eigenvalue weighted by Gasteiger charge is 2.27. The van der Waals surface area contributed by atoms with Crippen molar-refractivity contribution < 1.29 is 4.42 Å². The fourth-order valence-electron chi connectivity index (χ4n) is 9.01. The Morgan fingerprint density at radius 3 is 1.51 bits per heavy atom. The minimum absolute atomic E-state index is 0.487. The van der Waals surface area contributed by atoms with Crippen LogP contribution in [-0.4, -0.2) is 19.1 Å². The number of furan rings is 1. The van der Waals surface area contributed by atoms with Gasteiger partial charge in [0, 0.05) is 49.3 Å². The molecule has 274 valence electrons. The molecule has 0 atom stereocenters. The van der Waals surface area contributed by atoms with E-state index in [0.717, 1.165) is 88.1 Å². The van der Waals surface area contributed by atoms with E-state index in [0.29, 0.717) is 28.4 Å². The van der Waals surface area contributed by atoms with Crippen LogP contribution >= 0.6 is 0 Å². The highest BCUT2D eigenvalue weighted by molar-refractivity contribution is 6.20. The second-order valence-corrected chi connectivity index (χ2v) is 14.8. The summed E-state index contributed by atoms with van der Waals surface area (Å²) in [5.74, 6) is 0.627. The van der Waals surface area contributed by atoms with Crippen molar-refractivity contribution in [3.05, 3.63) is 199 Å². The molecule has 0 aliphatic rings. The van der Waals surface area contributed by atoms with Crippen molar-refractivity contribution in [2.24, 2.45) is 0 Å². The molecule has 0 aliphatic carbocycles. The maximum absolute atomic E-state index is 8.79. The molecule has 0 radical (unpaired) electrons. The predicted octanol–water partition coefficient (Wildman–Crippen LogP) is 14.1. The number of para-hydroxylation sites is 5. The number of rotatable bonds is 5. The predicted molar refractivity (Wildman–Crippen MR) is 241 cm³/mol. The molecule has 0 unspecified atom stereocenters. The van der Waals surface area contributed by atoms with E-state index in [-0.39, 0.29) is 0 Å². The molecule has 59 heavy (non-hydrogen) atoms. The SMILES string of the molecule is [C-]#[N+]c1cc(-n2c3ccccc3c3ccccc32)c2c(oc3c(-c4cc(-c5ccccc5)nc(-c5ccccc5)n4)cccc32)c1-n1c2ccccc2c2ccccc21. The molecule has 12 aromatic rings. The van der Waals surface area contributed by atoms with E-state index < -0.39 is 0 Å². The van der Waals surface area contributed by atoms with Gasteiger partial charge in [0.15, 0.2) is 11.4 Å². The second-order valence-electron chi connectivity index (χ2n) is 14.8. The van der Waals surface area contributed by atoms with Gasteiger partial charge in [-0.1, -0.05) is 146 Å². The van der Waals surface area contributed by atoms with E-state index in [1.807, 2.05) is 48.5 Å². The average molecular weight is 754 g/mol. The lowest BCUT2D eigenvalue weighted by Crippen LogP contribution is -2.00. The Balaban J connectivity index is 1.25. The first-order valence-electron chi connectivity index (χ1n) is 19.6. The Hall–Kier alpha value is -8.27. The topological polar surface area (TPSA) is 53.1 Å². The van der Waals surface area contributed by atoms with Crippen LogP contribution in [0.25, 0.3) is 116 Å². The average Bonchev–Trinajstić information content (AvgIpc) is 3.97. The maximum atomic E-state index is 8.79. The molecule has 6 heteroatoms. The Morgan fingerprint density at radius 1 is 0.441 bits per heavy atom. The summed E-state index contributed by atoms with van der Waals surface area (Å²) in [6, 6.07) is 64.5. The molecule has 0 saturated carbocycles. The van der Waals surface area contributed by atoms with Crippen LogP contribution in [0, 0.1) is 6.57 Å². The summed E-state index contributed by atoms with van der Waals surface area (Å²) in [4.78, 5) is 14.6. The number of fused-ring (bicyclic) bond motifs is 9. The Bertz CT molecular complexity index is 3520. The van der Waals surface area contributed by atoms with Crippen LogP contribution in [0.3, 0.4) is 0 Å². The third kappa shape index (κ3) is 4.92. The monoisotopic (exact) mass is 753 g/mol. The van der Waals surface area contributed by atoms with E-state index in [9.17, 15) is 0 Å². The zero-order valence-electron chi connectivity index (χ0n) is 31.5. The summed E-state index contributed by atoms with van der Waals surface area (Å²) >= 11 is 0. The van der Waals surface area contributed by atoms with E-state index in [1.165, 1.54) is 0 Å². The summed E-state index contributed by atoms with van der Waals surface area (Å²) in [6.07, 6.45) is 0. The van der Waals surface area contributed by atoms with Gasteiger partial charge in [-0.3, -0.25) is 0 Å². The molecule has 0 N–H and O–H groups in total. The van der Waals surface area contributed by atoms with Gasteiger partial charge in [0.2, 0.25) is 5.69 Å². The molecular weight excluding hydrogens is 723 g/mol. The summed E-state index contributed by atoms with van der Waals surface area (Å²) in [5.41, 5.74) is 11.8. The number of hydrogen-bond acceptors (Lipinski definition) is 3. The van der Waals surface area contributed by atoms with Crippen LogP contribution in [0.2, 0.25) is 0 Å². The number of benzene rings is 8. The van der Waals surface area contributed by atoms with Crippen molar-refractivity contribution in [2.45, 2.75) is 0 Å². The van der Waals surface area contributed by atoms with Crippen molar-refractivity contribution in [2.75, 3.05) is 0 Å². The van der Waals surface area contributed by atoms with E-state index >= 15 is 0 Å². The smallest absolute Gasteiger partial charge is 0.216 e. The first-order valence-corrected chi connectivity index (χ1v) is 19.6. The van der Waals surface area contributed by atoms with Gasteiger partial charge in [-0.05, 0) is 42.5 Å². The molecule has 4 heterocycles. The lowest BCUT2D eigenvalue weighted by molar-refractivity contribution is 0.667. The van der Waals surface area contributed by atoms with Crippen LogP contribution in [0.15, 0.2) is 192 Å². The van der Waals surface area contributed by atoms with Gasteiger partial charge in [0.1, 0.15) is 5.58 Å². The van der Waals surface area contributed by atoms with Crippen molar-refractivity contribution in [1.82, 2.24) is 19.1 Å². The largest absolute Gasteiger partial charge is 0.454 e. The van der Waals surface area contributed by atoms with Gasteiger partial charge in [-0.15, -0.1) is 0 Å². The number of aromatic nitrogens is 4. The standard InChI is InChI=1S/C53H31N5O/c1-54-43-32-48(57-44-27-12-8-21-35(44)36-22-9-13-28-45(36)57)49-40-26-16-25-39(42-31-41(33-17-4-2-5-18-33)55-53(56-42)34-19-6-3-7-20-34)51(40)59-52(49)50(43)58-46-29-14-10-23-37(46)38-24-11-15-30-47(38)58/h2-32H. The molecule has 0 aliphatic heterocycles. The van der Waals surface area contributed by atoms with Gasteiger partial charge in [0.05, 0.1) is 51.1 Å². The van der Waals surface area contributed by atoms with Crippen LogP contribution < -0.4 is 0 Å². The summed E-state index contributed by atoms with van der Waals surface area (Å²) in [6.45, 7) is 8.79. The van der Waals surface area contributed by atoms with Gasteiger partial charge >= 0.3 is 0 Å². The van der Waals surface area contributed by atoms with Crippen LogP contribution in [0.5, 0.6) is 0 Å². The highest BCUT2D eigenvalue weighted by Crippen LogP contribution is 2.48. The zero-order valence-corrected chi connectivity index (χ0v) is 31.5. The Kier molecular flexibility index (Phi) is 7.19. The number of hydrogen-bond donors (Lipinski definition) is 0. The first-order chi connectivity index (χ1) is 29.2. The molecule has 0 amide bonds. The molecule has 4 aromatic heterocycles. The fraction of sp³-hybridized carbons (Fsp3) is 0. The summed E-state index contributed by atoms with van der Waals surface area (Å²) in [5, 5.41) is 6.34. The molecule has 12 rings (SSSR count). The minimum atomic E-state index is 0.487.